The van der Waals surface area contributed by atoms with E-state index in [1.807, 2.05) is 54.5 Å². The molecule has 2 aromatic carbocycles. The third kappa shape index (κ3) is 3.74. The first-order valence-electron chi connectivity index (χ1n) is 10.4. The largest absolute Gasteiger partial charge is 0.496 e. The number of para-hydroxylation sites is 1. The molecule has 0 aliphatic carbocycles. The van der Waals surface area contributed by atoms with Crippen molar-refractivity contribution in [3.8, 4) is 17.2 Å². The number of ether oxygens (including phenoxy) is 1. The number of nitrogens with zero attached hydrogens (tertiary/aromatic N) is 3. The van der Waals surface area contributed by atoms with E-state index in [9.17, 15) is 4.79 Å². The predicted octanol–water partition coefficient (Wildman–Crippen LogP) is 4.45. The van der Waals surface area contributed by atoms with Crippen LogP contribution in [0, 0.1) is 6.92 Å². The van der Waals surface area contributed by atoms with Crippen LogP contribution in [0.4, 0.5) is 0 Å². The molecule has 1 N–H and O–H groups in total. The lowest BCUT2D eigenvalue weighted by molar-refractivity contribution is -0.135. The molecule has 32 heavy (non-hydrogen) atoms. The van der Waals surface area contributed by atoms with Gasteiger partial charge in [0, 0.05) is 28.5 Å². The van der Waals surface area contributed by atoms with Crippen LogP contribution in [-0.4, -0.2) is 34.0 Å². The van der Waals surface area contributed by atoms with Crippen LogP contribution < -0.4 is 10.2 Å². The lowest BCUT2D eigenvalue weighted by atomic mass is 10.00. The van der Waals surface area contributed by atoms with E-state index in [4.69, 9.17) is 20.8 Å². The normalized spacial score (nSPS) is 20.0. The molecular weight excluding hydrogens is 428 g/mol. The van der Waals surface area contributed by atoms with Gasteiger partial charge in [-0.15, -0.1) is 0 Å². The second-order valence-corrected chi connectivity index (χ2v) is 8.31. The summed E-state index contributed by atoms with van der Waals surface area (Å²) < 4.78 is 11.4. The Morgan fingerprint density at radius 3 is 2.75 bits per heavy atom. The first-order chi connectivity index (χ1) is 15.5. The van der Waals surface area contributed by atoms with Gasteiger partial charge in [-0.2, -0.15) is 0 Å². The van der Waals surface area contributed by atoms with Crippen molar-refractivity contribution in [2.24, 2.45) is 0 Å². The summed E-state index contributed by atoms with van der Waals surface area (Å²) in [5.41, 5.74) is 6.03. The number of methoxy groups -OCH3 is 1. The number of oxazole rings is 1. The predicted molar refractivity (Wildman–Crippen MR) is 120 cm³/mol. The van der Waals surface area contributed by atoms with Gasteiger partial charge in [-0.05, 0) is 43.7 Å². The Kier molecular flexibility index (Phi) is 5.36. The van der Waals surface area contributed by atoms with Crippen LogP contribution in [0.5, 0.6) is 5.75 Å². The van der Waals surface area contributed by atoms with Crippen LogP contribution in [0.15, 0.2) is 65.3 Å². The van der Waals surface area contributed by atoms with E-state index in [2.05, 4.69) is 10.4 Å². The van der Waals surface area contributed by atoms with Crippen molar-refractivity contribution < 1.29 is 13.9 Å². The molecule has 0 bridgehead atoms. The fourth-order valence-electron chi connectivity index (χ4n) is 4.18. The molecule has 2 unspecified atom stereocenters. The number of hydrogen-bond donors (Lipinski definition) is 1. The number of aromatic nitrogens is 1. The number of carbonyl (C=O) groups is 1. The molecule has 0 saturated carbocycles. The van der Waals surface area contributed by atoms with Gasteiger partial charge in [0.1, 0.15) is 23.2 Å². The summed E-state index contributed by atoms with van der Waals surface area (Å²) in [5.74, 6) is 2.04. The number of halogens is 1. The number of aryl methyl sites for hydroxylation is 1. The number of carbonyl (C=O) groups excluding carboxylic acids is 1. The summed E-state index contributed by atoms with van der Waals surface area (Å²) >= 11 is 5.97. The fraction of sp³-hybridized carbons (Fsp3) is 0.250. The summed E-state index contributed by atoms with van der Waals surface area (Å²) in [6, 6.07) is 14.9. The van der Waals surface area contributed by atoms with Crippen LogP contribution in [0.3, 0.4) is 0 Å². The van der Waals surface area contributed by atoms with E-state index in [1.54, 1.807) is 30.3 Å². The molecule has 1 fully saturated rings. The summed E-state index contributed by atoms with van der Waals surface area (Å²) in [7, 11) is 1.66. The molecule has 0 spiro atoms. The van der Waals surface area contributed by atoms with E-state index in [0.29, 0.717) is 29.6 Å². The van der Waals surface area contributed by atoms with E-state index in [-0.39, 0.29) is 18.0 Å². The molecule has 2 aliphatic rings. The van der Waals surface area contributed by atoms with Crippen LogP contribution >= 0.6 is 11.6 Å². The Morgan fingerprint density at radius 1 is 1.19 bits per heavy atom. The van der Waals surface area contributed by atoms with Gasteiger partial charge in [-0.25, -0.2) is 10.4 Å². The Morgan fingerprint density at radius 2 is 1.97 bits per heavy atom. The fourth-order valence-corrected chi connectivity index (χ4v) is 4.30. The molecule has 8 heteroatoms. The average Bonchev–Trinajstić information content (AvgIpc) is 3.40. The van der Waals surface area contributed by atoms with Crippen molar-refractivity contribution in [2.45, 2.75) is 32.0 Å². The molecule has 1 saturated heterocycles. The van der Waals surface area contributed by atoms with Crippen LogP contribution in [0.1, 0.15) is 29.5 Å². The Hall–Kier alpha value is -3.29. The summed E-state index contributed by atoms with van der Waals surface area (Å²) in [4.78, 5) is 19.6. The van der Waals surface area contributed by atoms with E-state index < -0.39 is 0 Å². The number of rotatable bonds is 5. The highest BCUT2D eigenvalue weighted by molar-refractivity contribution is 6.30. The number of benzene rings is 2. The molecule has 3 aromatic rings. The SMILES string of the molecule is COc1ccccc1C1CC2C(=O)N(Cc3nc(-c4ccc(Cl)cc4)oc3C)C=CN2N1. The zero-order valence-corrected chi connectivity index (χ0v) is 18.5. The van der Waals surface area contributed by atoms with Crippen LogP contribution in [0.25, 0.3) is 11.5 Å². The highest BCUT2D eigenvalue weighted by Crippen LogP contribution is 2.35. The second-order valence-electron chi connectivity index (χ2n) is 7.88. The molecule has 0 radical (unpaired) electrons. The number of hydrazine groups is 1. The maximum absolute atomic E-state index is 13.3. The highest BCUT2D eigenvalue weighted by atomic mass is 35.5. The number of hydrogen-bond acceptors (Lipinski definition) is 6. The third-order valence-electron chi connectivity index (χ3n) is 5.89. The molecule has 1 amide bonds. The molecule has 164 valence electrons. The molecular formula is C24H23ClN4O3. The van der Waals surface area contributed by atoms with Crippen molar-refractivity contribution in [3.63, 3.8) is 0 Å². The summed E-state index contributed by atoms with van der Waals surface area (Å²) in [5, 5.41) is 2.53. The Balaban J connectivity index is 1.32. The average molecular weight is 451 g/mol. The topological polar surface area (TPSA) is 70.8 Å². The zero-order valence-electron chi connectivity index (χ0n) is 17.8. The van der Waals surface area contributed by atoms with Gasteiger partial charge < -0.3 is 19.1 Å². The maximum atomic E-state index is 13.3. The Labute approximate surface area is 191 Å². The van der Waals surface area contributed by atoms with Gasteiger partial charge in [-0.1, -0.05) is 29.8 Å². The molecule has 2 aliphatic heterocycles. The van der Waals surface area contributed by atoms with Crippen molar-refractivity contribution in [1.82, 2.24) is 20.3 Å². The molecule has 3 heterocycles. The third-order valence-corrected chi connectivity index (χ3v) is 6.15. The van der Waals surface area contributed by atoms with Gasteiger partial charge in [0.15, 0.2) is 0 Å². The molecule has 1 aromatic heterocycles. The van der Waals surface area contributed by atoms with Gasteiger partial charge >= 0.3 is 0 Å². The number of amides is 1. The van der Waals surface area contributed by atoms with Crippen molar-refractivity contribution >= 4 is 17.5 Å². The van der Waals surface area contributed by atoms with Crippen LogP contribution in [-0.2, 0) is 11.3 Å². The molecule has 5 rings (SSSR count). The number of nitrogens with one attached hydrogen (secondary N) is 1. The molecule has 7 nitrogen and oxygen atoms in total. The lowest BCUT2D eigenvalue weighted by Crippen LogP contribution is -2.47. The highest BCUT2D eigenvalue weighted by Gasteiger charge is 2.41. The minimum atomic E-state index is -0.294. The van der Waals surface area contributed by atoms with Gasteiger partial charge in [-0.3, -0.25) is 4.79 Å². The van der Waals surface area contributed by atoms with Gasteiger partial charge in [0.25, 0.3) is 5.91 Å². The molecule has 2 atom stereocenters. The minimum absolute atomic E-state index is 0.00464. The quantitative estimate of drug-likeness (QED) is 0.619. The van der Waals surface area contributed by atoms with Crippen molar-refractivity contribution in [2.75, 3.05) is 7.11 Å². The summed E-state index contributed by atoms with van der Waals surface area (Å²) in [6.07, 6.45) is 4.33. The number of fused-ring (bicyclic) bond motifs is 1. The maximum Gasteiger partial charge on any atom is 0.251 e. The van der Waals surface area contributed by atoms with E-state index >= 15 is 0 Å². The first-order valence-corrected chi connectivity index (χ1v) is 10.8. The van der Waals surface area contributed by atoms with Crippen molar-refractivity contribution in [1.29, 1.82) is 0 Å². The zero-order chi connectivity index (χ0) is 22.2. The van der Waals surface area contributed by atoms with E-state index in [1.165, 1.54) is 0 Å². The van der Waals surface area contributed by atoms with Gasteiger partial charge in [0.2, 0.25) is 5.89 Å². The van der Waals surface area contributed by atoms with E-state index in [0.717, 1.165) is 22.6 Å². The first kappa shape index (κ1) is 20.6. The standard InChI is InChI=1S/C24H23ClN4O3/c1-15-20(26-23(32-15)16-7-9-17(25)10-8-16)14-28-11-12-29-21(24(28)30)13-19(27-29)18-5-3-4-6-22(18)31-2/h3-12,19,21,27H,13-14H2,1-2H3. The smallest absolute Gasteiger partial charge is 0.251 e. The summed E-state index contributed by atoms with van der Waals surface area (Å²) in [6.45, 7) is 2.21. The Bertz CT molecular complexity index is 1170. The monoisotopic (exact) mass is 450 g/mol. The van der Waals surface area contributed by atoms with Gasteiger partial charge in [0.05, 0.1) is 19.7 Å². The minimum Gasteiger partial charge on any atom is -0.496 e. The lowest BCUT2D eigenvalue weighted by Gasteiger charge is -2.31. The van der Waals surface area contributed by atoms with Crippen LogP contribution in [0.2, 0.25) is 5.02 Å². The second kappa shape index (κ2) is 8.33. The van der Waals surface area contributed by atoms with Crippen molar-refractivity contribution in [3.05, 3.63) is 83.0 Å².